The fourth-order valence-electron chi connectivity index (χ4n) is 2.26. The third kappa shape index (κ3) is 2.96. The lowest BCUT2D eigenvalue weighted by Crippen LogP contribution is -2.52. The van der Waals surface area contributed by atoms with Crippen molar-refractivity contribution in [3.63, 3.8) is 0 Å². The first-order valence-electron chi connectivity index (χ1n) is 6.57. The summed E-state index contributed by atoms with van der Waals surface area (Å²) in [4.78, 5) is 1.90. The minimum absolute atomic E-state index is 0.113. The van der Waals surface area contributed by atoms with Crippen LogP contribution in [0.1, 0.15) is 5.56 Å². The molecule has 0 aromatic heterocycles. The first kappa shape index (κ1) is 13.1. The summed E-state index contributed by atoms with van der Waals surface area (Å²) in [6.45, 7) is 1.89. The summed E-state index contributed by atoms with van der Waals surface area (Å²) in [5.41, 5.74) is 1.70. The molecule has 1 heterocycles. The molecule has 0 atom stereocenters. The summed E-state index contributed by atoms with van der Waals surface area (Å²) in [6, 6.07) is 13.5. The fraction of sp³-hybridized carbons (Fsp3) is 0.250. The molecule has 0 aliphatic carbocycles. The first-order chi connectivity index (χ1) is 9.70. The van der Waals surface area contributed by atoms with Crippen molar-refractivity contribution in [1.82, 2.24) is 0 Å². The Morgan fingerprint density at radius 1 is 1.00 bits per heavy atom. The molecule has 104 valence electrons. The van der Waals surface area contributed by atoms with Crippen LogP contribution in [0.2, 0.25) is 0 Å². The lowest BCUT2D eigenvalue weighted by Gasteiger charge is -2.40. The van der Waals surface area contributed by atoms with Crippen LogP contribution in [-0.4, -0.2) is 19.2 Å². The van der Waals surface area contributed by atoms with E-state index in [4.69, 9.17) is 4.74 Å². The molecule has 1 fully saturated rings. The maximum atomic E-state index is 13.1. The molecule has 2 aromatic rings. The molecule has 20 heavy (non-hydrogen) atoms. The van der Waals surface area contributed by atoms with Gasteiger partial charge in [0, 0.05) is 24.8 Å². The lowest BCUT2D eigenvalue weighted by atomic mass is 10.1. The summed E-state index contributed by atoms with van der Waals surface area (Å²) in [5, 5.41) is 0. The van der Waals surface area contributed by atoms with Crippen LogP contribution in [-0.2, 0) is 11.3 Å². The number of benzene rings is 2. The van der Waals surface area contributed by atoms with Gasteiger partial charge >= 0.3 is 0 Å². The maximum Gasteiger partial charge on any atom is 0.128 e. The average Bonchev–Trinajstić information content (AvgIpc) is 2.37. The Labute approximate surface area is 116 Å². The SMILES string of the molecule is Fc1cc(F)cc(N2CC(OCc3ccccc3)C2)c1. The van der Waals surface area contributed by atoms with Gasteiger partial charge in [0.25, 0.3) is 0 Å². The van der Waals surface area contributed by atoms with Gasteiger partial charge in [0.15, 0.2) is 0 Å². The molecule has 0 spiro atoms. The van der Waals surface area contributed by atoms with E-state index < -0.39 is 11.6 Å². The molecule has 0 bridgehead atoms. The lowest BCUT2D eigenvalue weighted by molar-refractivity contribution is 0.0224. The number of nitrogens with zero attached hydrogens (tertiary/aromatic N) is 1. The number of halogens is 2. The summed E-state index contributed by atoms with van der Waals surface area (Å²) < 4.78 is 32.0. The number of anilines is 1. The van der Waals surface area contributed by atoms with Crippen molar-refractivity contribution in [3.8, 4) is 0 Å². The monoisotopic (exact) mass is 275 g/mol. The van der Waals surface area contributed by atoms with Crippen LogP contribution in [0.3, 0.4) is 0 Å². The Bertz CT molecular complexity index is 562. The maximum absolute atomic E-state index is 13.1. The highest BCUT2D eigenvalue weighted by atomic mass is 19.1. The van der Waals surface area contributed by atoms with Crippen LogP contribution in [0.5, 0.6) is 0 Å². The molecule has 0 unspecified atom stereocenters. The average molecular weight is 275 g/mol. The zero-order chi connectivity index (χ0) is 13.9. The molecule has 0 amide bonds. The van der Waals surface area contributed by atoms with Gasteiger partial charge in [-0.1, -0.05) is 30.3 Å². The Hall–Kier alpha value is -1.94. The van der Waals surface area contributed by atoms with Crippen molar-refractivity contribution >= 4 is 5.69 Å². The Kier molecular flexibility index (Phi) is 3.65. The van der Waals surface area contributed by atoms with Crippen LogP contribution in [0.4, 0.5) is 14.5 Å². The fourth-order valence-corrected chi connectivity index (χ4v) is 2.26. The minimum atomic E-state index is -0.548. The van der Waals surface area contributed by atoms with Gasteiger partial charge < -0.3 is 9.64 Å². The second-order valence-corrected chi connectivity index (χ2v) is 4.95. The van der Waals surface area contributed by atoms with Gasteiger partial charge in [-0.3, -0.25) is 0 Å². The normalized spacial score (nSPS) is 15.2. The predicted molar refractivity (Wildman–Crippen MR) is 73.6 cm³/mol. The highest BCUT2D eigenvalue weighted by molar-refractivity contribution is 5.49. The topological polar surface area (TPSA) is 12.5 Å². The van der Waals surface area contributed by atoms with E-state index in [9.17, 15) is 8.78 Å². The smallest absolute Gasteiger partial charge is 0.128 e. The van der Waals surface area contributed by atoms with Crippen molar-refractivity contribution in [2.75, 3.05) is 18.0 Å². The van der Waals surface area contributed by atoms with E-state index in [0.29, 0.717) is 25.4 Å². The molecule has 1 aliphatic rings. The molecular weight excluding hydrogens is 260 g/mol. The van der Waals surface area contributed by atoms with Gasteiger partial charge in [0.1, 0.15) is 11.6 Å². The Morgan fingerprint density at radius 2 is 1.65 bits per heavy atom. The number of hydrogen-bond acceptors (Lipinski definition) is 2. The van der Waals surface area contributed by atoms with E-state index in [1.54, 1.807) is 0 Å². The van der Waals surface area contributed by atoms with Gasteiger partial charge in [0.2, 0.25) is 0 Å². The largest absolute Gasteiger partial charge is 0.370 e. The van der Waals surface area contributed by atoms with E-state index in [2.05, 4.69) is 0 Å². The first-order valence-corrected chi connectivity index (χ1v) is 6.57. The summed E-state index contributed by atoms with van der Waals surface area (Å²) >= 11 is 0. The van der Waals surface area contributed by atoms with Crippen molar-refractivity contribution in [3.05, 3.63) is 65.7 Å². The van der Waals surface area contributed by atoms with Gasteiger partial charge in [-0.15, -0.1) is 0 Å². The van der Waals surface area contributed by atoms with Gasteiger partial charge in [-0.2, -0.15) is 0 Å². The summed E-state index contributed by atoms with van der Waals surface area (Å²) in [7, 11) is 0. The molecule has 2 aromatic carbocycles. The van der Waals surface area contributed by atoms with Crippen molar-refractivity contribution in [2.24, 2.45) is 0 Å². The van der Waals surface area contributed by atoms with Gasteiger partial charge in [-0.25, -0.2) is 8.78 Å². The van der Waals surface area contributed by atoms with Crippen LogP contribution in [0, 0.1) is 11.6 Å². The van der Waals surface area contributed by atoms with Crippen LogP contribution in [0.15, 0.2) is 48.5 Å². The summed E-state index contributed by atoms with van der Waals surface area (Å²) in [5.74, 6) is -1.10. The Balaban J connectivity index is 1.51. The molecule has 1 aliphatic heterocycles. The zero-order valence-corrected chi connectivity index (χ0v) is 10.9. The highest BCUT2D eigenvalue weighted by Gasteiger charge is 2.28. The molecule has 0 saturated carbocycles. The van der Waals surface area contributed by atoms with Crippen molar-refractivity contribution in [1.29, 1.82) is 0 Å². The molecule has 2 nitrogen and oxygen atoms in total. The molecule has 3 rings (SSSR count). The van der Waals surface area contributed by atoms with Crippen LogP contribution in [0.25, 0.3) is 0 Å². The zero-order valence-electron chi connectivity index (χ0n) is 10.9. The Morgan fingerprint density at radius 3 is 2.30 bits per heavy atom. The van der Waals surface area contributed by atoms with Crippen LogP contribution < -0.4 is 4.90 Å². The van der Waals surface area contributed by atoms with E-state index in [1.165, 1.54) is 12.1 Å². The van der Waals surface area contributed by atoms with Crippen molar-refractivity contribution < 1.29 is 13.5 Å². The predicted octanol–water partition coefficient (Wildman–Crippen LogP) is 3.37. The van der Waals surface area contributed by atoms with Gasteiger partial charge in [0.05, 0.1) is 12.7 Å². The standard InChI is InChI=1S/C16H15F2NO/c17-13-6-14(18)8-15(7-13)19-9-16(10-19)20-11-12-4-2-1-3-5-12/h1-8,16H,9-11H2. The third-order valence-corrected chi connectivity index (χ3v) is 3.39. The molecule has 4 heteroatoms. The van der Waals surface area contributed by atoms with E-state index in [0.717, 1.165) is 11.6 Å². The quantitative estimate of drug-likeness (QED) is 0.848. The molecule has 1 saturated heterocycles. The summed E-state index contributed by atoms with van der Waals surface area (Å²) in [6.07, 6.45) is 0.113. The van der Waals surface area contributed by atoms with Gasteiger partial charge in [-0.05, 0) is 17.7 Å². The second kappa shape index (κ2) is 5.59. The molecular formula is C16H15F2NO. The minimum Gasteiger partial charge on any atom is -0.370 e. The van der Waals surface area contributed by atoms with E-state index >= 15 is 0 Å². The number of rotatable bonds is 4. The highest BCUT2D eigenvalue weighted by Crippen LogP contribution is 2.24. The van der Waals surface area contributed by atoms with E-state index in [1.807, 2.05) is 35.2 Å². The third-order valence-electron chi connectivity index (χ3n) is 3.39. The molecule has 0 radical (unpaired) electrons. The van der Waals surface area contributed by atoms with Crippen LogP contribution >= 0.6 is 0 Å². The number of hydrogen-bond donors (Lipinski definition) is 0. The molecule has 0 N–H and O–H groups in total. The number of ether oxygens (including phenoxy) is 1. The second-order valence-electron chi connectivity index (χ2n) is 4.95. The van der Waals surface area contributed by atoms with Crippen molar-refractivity contribution in [2.45, 2.75) is 12.7 Å². The van der Waals surface area contributed by atoms with E-state index in [-0.39, 0.29) is 6.10 Å².